The lowest BCUT2D eigenvalue weighted by molar-refractivity contribution is 0.0389. The quantitative estimate of drug-likeness (QED) is 0.130. The molecular formula is C50H44N12O4. The van der Waals surface area contributed by atoms with E-state index >= 15 is 0 Å². The number of fused-ring (bicyclic) bond motifs is 2. The van der Waals surface area contributed by atoms with Gasteiger partial charge in [0.25, 0.3) is 0 Å². The Morgan fingerprint density at radius 3 is 1.38 bits per heavy atom. The highest BCUT2D eigenvalue weighted by Gasteiger charge is 2.27. The molecular weight excluding hydrogens is 833 g/mol. The first-order valence-electron chi connectivity index (χ1n) is 21.2. The molecule has 0 fully saturated rings. The molecule has 2 aliphatic heterocycles. The molecule has 16 heteroatoms. The van der Waals surface area contributed by atoms with Gasteiger partial charge in [0.1, 0.15) is 23.7 Å². The highest BCUT2D eigenvalue weighted by atomic mass is 16.5. The lowest BCUT2D eigenvalue weighted by Crippen LogP contribution is -2.23. The summed E-state index contributed by atoms with van der Waals surface area (Å²) in [6, 6.07) is 31.0. The maximum Gasteiger partial charge on any atom is 0.174 e. The van der Waals surface area contributed by atoms with Crippen LogP contribution in [0, 0.1) is 36.5 Å². The number of methoxy groups -OCH3 is 2. The van der Waals surface area contributed by atoms with Gasteiger partial charge < -0.3 is 28.1 Å². The van der Waals surface area contributed by atoms with Crippen LogP contribution >= 0.6 is 0 Å². The first-order chi connectivity index (χ1) is 32.3. The van der Waals surface area contributed by atoms with Crippen molar-refractivity contribution in [1.82, 2.24) is 48.6 Å². The molecule has 0 aliphatic carbocycles. The van der Waals surface area contributed by atoms with Gasteiger partial charge in [-0.15, -0.1) is 0 Å². The van der Waals surface area contributed by atoms with E-state index in [-0.39, 0.29) is 12.2 Å². The largest absolute Gasteiger partial charge is 0.495 e. The van der Waals surface area contributed by atoms with Crippen molar-refractivity contribution in [2.45, 2.75) is 39.1 Å². The van der Waals surface area contributed by atoms with E-state index in [1.165, 1.54) is 0 Å². The van der Waals surface area contributed by atoms with Crippen molar-refractivity contribution in [3.8, 4) is 35.0 Å². The molecule has 66 heavy (non-hydrogen) atoms. The molecule has 4 aromatic heterocycles. The molecule has 8 aromatic rings. The zero-order valence-electron chi connectivity index (χ0n) is 36.7. The van der Waals surface area contributed by atoms with Crippen molar-refractivity contribution in [2.75, 3.05) is 27.4 Å². The summed E-state index contributed by atoms with van der Waals surface area (Å²) in [5.74, 6) is 4.25. The highest BCUT2D eigenvalue weighted by molar-refractivity contribution is 5.70. The Morgan fingerprint density at radius 2 is 1.02 bits per heavy atom. The van der Waals surface area contributed by atoms with E-state index < -0.39 is 0 Å². The van der Waals surface area contributed by atoms with E-state index in [2.05, 4.69) is 32.3 Å². The SMILES string of the molecule is COc1cc(/C=C/c2nc3n(n2)CCO[C@@H]3c2ccc(C#N)cc2)ccc1-n1cnc(C)c1.COc1cc(/C=C/c2nc3n(n2)CCO[C@H]3c2ccc(C#N)cc2)ccc1-n1cnc(C)c1. The summed E-state index contributed by atoms with van der Waals surface area (Å²) in [5.41, 5.74) is 8.81. The number of benzene rings is 4. The van der Waals surface area contributed by atoms with E-state index in [4.69, 9.17) is 39.4 Å². The molecule has 0 amide bonds. The fraction of sp³-hybridized carbons (Fsp3) is 0.200. The lowest BCUT2D eigenvalue weighted by Gasteiger charge is -2.23. The van der Waals surface area contributed by atoms with Gasteiger partial charge in [-0.25, -0.2) is 29.3 Å². The summed E-state index contributed by atoms with van der Waals surface area (Å²) in [6.45, 7) is 6.31. The average Bonchev–Trinajstić information content (AvgIpc) is 4.19. The molecule has 0 saturated carbocycles. The summed E-state index contributed by atoms with van der Waals surface area (Å²) in [6.07, 6.45) is 14.5. The Hall–Kier alpha value is -8.44. The van der Waals surface area contributed by atoms with Crippen LogP contribution in [0.25, 0.3) is 35.7 Å². The van der Waals surface area contributed by atoms with Crippen molar-refractivity contribution < 1.29 is 18.9 Å². The first-order valence-corrected chi connectivity index (χ1v) is 21.2. The van der Waals surface area contributed by atoms with Gasteiger partial charge in [0, 0.05) is 12.4 Å². The number of rotatable bonds is 10. The number of imidazole rings is 2. The summed E-state index contributed by atoms with van der Waals surface area (Å²) < 4.78 is 30.8. The molecule has 2 aliphatic rings. The van der Waals surface area contributed by atoms with Crippen molar-refractivity contribution in [1.29, 1.82) is 10.5 Å². The molecule has 10 rings (SSSR count). The maximum absolute atomic E-state index is 9.03. The van der Waals surface area contributed by atoms with Crippen molar-refractivity contribution in [3.05, 3.63) is 178 Å². The third-order valence-electron chi connectivity index (χ3n) is 11.0. The van der Waals surface area contributed by atoms with E-state index in [1.807, 2.05) is 130 Å². The topological polar surface area (TPSA) is 182 Å². The Bertz CT molecular complexity index is 2930. The van der Waals surface area contributed by atoms with Crippen LogP contribution in [0.15, 0.2) is 110 Å². The summed E-state index contributed by atoms with van der Waals surface area (Å²) in [4.78, 5) is 18.0. The second-order valence-electron chi connectivity index (χ2n) is 15.4. The molecule has 0 unspecified atom stereocenters. The van der Waals surface area contributed by atoms with E-state index in [9.17, 15) is 0 Å². The van der Waals surface area contributed by atoms with E-state index in [0.717, 1.165) is 68.2 Å². The van der Waals surface area contributed by atoms with Crippen LogP contribution in [0.1, 0.15) is 80.3 Å². The second-order valence-corrected chi connectivity index (χ2v) is 15.4. The first kappa shape index (κ1) is 42.8. The number of aromatic nitrogens is 10. The minimum absolute atomic E-state index is 0.306. The predicted molar refractivity (Wildman–Crippen MR) is 246 cm³/mol. The van der Waals surface area contributed by atoms with Crippen molar-refractivity contribution in [3.63, 3.8) is 0 Å². The Kier molecular flexibility index (Phi) is 12.4. The number of hydrogen-bond donors (Lipinski definition) is 0. The third-order valence-corrected chi connectivity index (χ3v) is 11.0. The van der Waals surface area contributed by atoms with Crippen LogP contribution in [-0.4, -0.2) is 76.1 Å². The monoisotopic (exact) mass is 876 g/mol. The summed E-state index contributed by atoms with van der Waals surface area (Å²) >= 11 is 0. The molecule has 2 atom stereocenters. The van der Waals surface area contributed by atoms with Crippen LogP contribution < -0.4 is 9.47 Å². The van der Waals surface area contributed by atoms with Gasteiger partial charge in [-0.3, -0.25) is 0 Å². The van der Waals surface area contributed by atoms with Gasteiger partial charge in [-0.2, -0.15) is 20.7 Å². The minimum atomic E-state index is -0.306. The molecule has 4 aromatic carbocycles. The lowest BCUT2D eigenvalue weighted by atomic mass is 10.1. The normalized spacial score (nSPS) is 15.4. The molecule has 0 radical (unpaired) electrons. The highest BCUT2D eigenvalue weighted by Crippen LogP contribution is 2.31. The van der Waals surface area contributed by atoms with E-state index in [0.29, 0.717) is 49.1 Å². The number of nitrogens with zero attached hydrogens (tertiary/aromatic N) is 12. The van der Waals surface area contributed by atoms with Crippen LogP contribution in [0.5, 0.6) is 11.5 Å². The van der Waals surface area contributed by atoms with Gasteiger partial charge in [0.05, 0.1) is 99.2 Å². The Balaban J connectivity index is 0.000000166. The van der Waals surface area contributed by atoms with Crippen LogP contribution in [0.2, 0.25) is 0 Å². The van der Waals surface area contributed by atoms with Gasteiger partial charge in [0.15, 0.2) is 23.3 Å². The Labute approximate surface area is 380 Å². The Morgan fingerprint density at radius 1 is 0.591 bits per heavy atom. The molecule has 328 valence electrons. The van der Waals surface area contributed by atoms with Crippen molar-refractivity contribution >= 4 is 24.3 Å². The predicted octanol–water partition coefficient (Wildman–Crippen LogP) is 7.89. The van der Waals surface area contributed by atoms with Gasteiger partial charge >= 0.3 is 0 Å². The molecule has 16 nitrogen and oxygen atoms in total. The number of ether oxygens (including phenoxy) is 4. The number of nitriles is 2. The summed E-state index contributed by atoms with van der Waals surface area (Å²) in [5, 5.41) is 27.3. The minimum Gasteiger partial charge on any atom is -0.495 e. The van der Waals surface area contributed by atoms with Crippen LogP contribution in [-0.2, 0) is 22.6 Å². The summed E-state index contributed by atoms with van der Waals surface area (Å²) in [7, 11) is 3.31. The average molecular weight is 877 g/mol. The molecule has 6 heterocycles. The fourth-order valence-electron chi connectivity index (χ4n) is 7.69. The molecule has 0 bridgehead atoms. The molecule has 0 spiro atoms. The molecule has 0 saturated heterocycles. The van der Waals surface area contributed by atoms with Gasteiger partial charge in [-0.05, 0) is 96.8 Å². The zero-order chi connectivity index (χ0) is 45.6. The smallest absolute Gasteiger partial charge is 0.174 e. The van der Waals surface area contributed by atoms with Gasteiger partial charge in [-0.1, -0.05) is 48.6 Å². The maximum atomic E-state index is 9.03. The number of hydrogen-bond acceptors (Lipinski definition) is 12. The van der Waals surface area contributed by atoms with E-state index in [1.54, 1.807) is 51.1 Å². The zero-order valence-corrected chi connectivity index (χ0v) is 36.7. The molecule has 0 N–H and O–H groups in total. The van der Waals surface area contributed by atoms with Crippen LogP contribution in [0.3, 0.4) is 0 Å². The second kappa shape index (κ2) is 19.1. The standard InChI is InChI=1S/2C25H22N6O2/c2*1-17-15-30(16-27-17)21-9-5-18(13-22(21)32-2)6-10-23-28-25-24(33-12-11-31(25)29-23)20-7-3-19(14-26)4-8-20/h2*3-10,13,15-16,24H,11-12H2,1-2H3/b2*10-6+/t2*24-/m10/s1. The number of aryl methyl sites for hydroxylation is 2. The third kappa shape index (κ3) is 9.27. The van der Waals surface area contributed by atoms with Gasteiger partial charge in [0.2, 0.25) is 0 Å². The fourth-order valence-corrected chi connectivity index (χ4v) is 7.69. The van der Waals surface area contributed by atoms with Crippen molar-refractivity contribution in [2.24, 2.45) is 0 Å². The van der Waals surface area contributed by atoms with Crippen LogP contribution in [0.4, 0.5) is 0 Å².